The molecule has 1 saturated heterocycles. The highest BCUT2D eigenvalue weighted by molar-refractivity contribution is 5.74. The number of hydrogen-bond donors (Lipinski definition) is 3. The van der Waals surface area contributed by atoms with Crippen molar-refractivity contribution in [2.24, 2.45) is 5.73 Å². The van der Waals surface area contributed by atoms with E-state index in [0.717, 1.165) is 31.6 Å². The number of anilines is 2. The average Bonchev–Trinajstić information content (AvgIpc) is 2.77. The molecule has 5 N–H and O–H groups in total. The number of benzene rings is 2. The van der Waals surface area contributed by atoms with Crippen LogP contribution in [-0.4, -0.2) is 34.9 Å². The number of nitrogen functional groups attached to an aromatic ring is 1. The topological polar surface area (TPSA) is 101 Å². The van der Waals surface area contributed by atoms with E-state index < -0.39 is 5.82 Å². The molecule has 0 unspecified atom stereocenters. The molecule has 4 rings (SSSR count). The van der Waals surface area contributed by atoms with Gasteiger partial charge >= 0.3 is 0 Å². The van der Waals surface area contributed by atoms with Crippen molar-refractivity contribution in [3.05, 3.63) is 66.0 Å². The monoisotopic (exact) mass is 393 g/mol. The van der Waals surface area contributed by atoms with Crippen LogP contribution in [0.25, 0.3) is 11.3 Å². The minimum Gasteiger partial charge on any atom is -0.507 e. The number of piperidine rings is 1. The fraction of sp³-hybridized carbons (Fsp3) is 0.273. The van der Waals surface area contributed by atoms with E-state index >= 15 is 0 Å². The summed E-state index contributed by atoms with van der Waals surface area (Å²) in [5, 5.41) is 18.2. The zero-order chi connectivity index (χ0) is 20.4. The third-order valence-corrected chi connectivity index (χ3v) is 5.87. The number of aromatic nitrogens is 2. The lowest BCUT2D eigenvalue weighted by molar-refractivity contribution is 0.340. The van der Waals surface area contributed by atoms with E-state index in [1.54, 1.807) is 6.07 Å². The van der Waals surface area contributed by atoms with Gasteiger partial charge in [0.1, 0.15) is 11.6 Å². The van der Waals surface area contributed by atoms with Crippen molar-refractivity contribution in [2.75, 3.05) is 30.3 Å². The van der Waals surface area contributed by atoms with Gasteiger partial charge in [-0.3, -0.25) is 0 Å². The van der Waals surface area contributed by atoms with Crippen LogP contribution < -0.4 is 16.4 Å². The molecular weight excluding hydrogens is 369 g/mol. The van der Waals surface area contributed by atoms with Gasteiger partial charge in [0.25, 0.3) is 0 Å². The number of phenols is 1. The molecule has 1 aliphatic heterocycles. The third-order valence-electron chi connectivity index (χ3n) is 5.87. The summed E-state index contributed by atoms with van der Waals surface area (Å²) in [6, 6.07) is 15.9. The first-order chi connectivity index (χ1) is 14.0. The van der Waals surface area contributed by atoms with Crippen LogP contribution in [0.5, 0.6) is 5.75 Å². The Kier molecular flexibility index (Phi) is 5.07. The van der Waals surface area contributed by atoms with Gasteiger partial charge in [0.15, 0.2) is 5.82 Å². The SMILES string of the molecule is NCC1(c2ccccc2)CCN(c2cc(-c3cc(F)ccc3O)nnc2N)CC1. The zero-order valence-corrected chi connectivity index (χ0v) is 16.1. The van der Waals surface area contributed by atoms with Crippen LogP contribution >= 0.6 is 0 Å². The molecule has 1 aliphatic rings. The van der Waals surface area contributed by atoms with E-state index in [9.17, 15) is 9.50 Å². The summed E-state index contributed by atoms with van der Waals surface area (Å²) in [6.45, 7) is 2.10. The highest BCUT2D eigenvalue weighted by Gasteiger charge is 2.35. The molecule has 1 aromatic heterocycles. The van der Waals surface area contributed by atoms with E-state index in [-0.39, 0.29) is 16.7 Å². The first-order valence-corrected chi connectivity index (χ1v) is 9.65. The Morgan fingerprint density at radius 1 is 1.03 bits per heavy atom. The molecule has 150 valence electrons. The first-order valence-electron chi connectivity index (χ1n) is 9.65. The molecule has 0 aliphatic carbocycles. The van der Waals surface area contributed by atoms with Gasteiger partial charge in [-0.15, -0.1) is 10.2 Å². The molecule has 3 aromatic rings. The zero-order valence-electron chi connectivity index (χ0n) is 16.1. The van der Waals surface area contributed by atoms with Gasteiger partial charge in [-0.05, 0) is 42.7 Å². The minimum atomic E-state index is -0.452. The quantitative estimate of drug-likeness (QED) is 0.630. The third kappa shape index (κ3) is 3.61. The van der Waals surface area contributed by atoms with E-state index in [2.05, 4.69) is 27.2 Å². The van der Waals surface area contributed by atoms with E-state index in [1.807, 2.05) is 18.2 Å². The molecule has 0 bridgehead atoms. The summed E-state index contributed by atoms with van der Waals surface area (Å²) in [5.41, 5.74) is 14.9. The maximum absolute atomic E-state index is 13.6. The first kappa shape index (κ1) is 19.1. The molecule has 7 heteroatoms. The summed E-state index contributed by atoms with van der Waals surface area (Å²) in [7, 11) is 0. The number of phenolic OH excluding ortho intramolecular Hbond substituents is 1. The summed E-state index contributed by atoms with van der Waals surface area (Å²) in [5.74, 6) is -0.197. The molecular formula is C22H24FN5O. The van der Waals surface area contributed by atoms with E-state index in [4.69, 9.17) is 11.5 Å². The van der Waals surface area contributed by atoms with Crippen molar-refractivity contribution in [1.29, 1.82) is 0 Å². The minimum absolute atomic E-state index is 0.0544. The lowest BCUT2D eigenvalue weighted by Crippen LogP contribution is -2.47. The van der Waals surface area contributed by atoms with Crippen molar-refractivity contribution in [2.45, 2.75) is 18.3 Å². The average molecular weight is 393 g/mol. The fourth-order valence-corrected chi connectivity index (χ4v) is 4.07. The molecule has 1 fully saturated rings. The van der Waals surface area contributed by atoms with Gasteiger partial charge in [0.2, 0.25) is 0 Å². The normalized spacial score (nSPS) is 16.0. The predicted octanol–water partition coefficient (Wildman–Crippen LogP) is 3.07. The van der Waals surface area contributed by atoms with Crippen LogP contribution in [0.4, 0.5) is 15.9 Å². The van der Waals surface area contributed by atoms with Gasteiger partial charge < -0.3 is 21.5 Å². The molecule has 0 atom stereocenters. The lowest BCUT2D eigenvalue weighted by atomic mass is 9.73. The maximum Gasteiger partial charge on any atom is 0.169 e. The molecule has 29 heavy (non-hydrogen) atoms. The smallest absolute Gasteiger partial charge is 0.169 e. The molecule has 0 saturated carbocycles. The van der Waals surface area contributed by atoms with Crippen molar-refractivity contribution >= 4 is 11.5 Å². The standard InChI is InChI=1S/C22H24FN5O/c23-16-6-7-20(29)17(12-16)18-13-19(21(25)27-26-18)28-10-8-22(14-24,9-11-28)15-4-2-1-3-5-15/h1-7,12-13,29H,8-11,14,24H2,(H2,25,27). The molecule has 2 heterocycles. The van der Waals surface area contributed by atoms with Crippen LogP contribution in [0, 0.1) is 5.82 Å². The molecule has 2 aromatic carbocycles. The van der Waals surface area contributed by atoms with Gasteiger partial charge in [-0.25, -0.2) is 4.39 Å². The van der Waals surface area contributed by atoms with Crippen molar-refractivity contribution in [3.63, 3.8) is 0 Å². The highest BCUT2D eigenvalue weighted by atomic mass is 19.1. The van der Waals surface area contributed by atoms with Crippen LogP contribution in [0.15, 0.2) is 54.6 Å². The molecule has 0 amide bonds. The van der Waals surface area contributed by atoms with Crippen LogP contribution in [-0.2, 0) is 5.41 Å². The molecule has 0 spiro atoms. The summed E-state index contributed by atoms with van der Waals surface area (Å²) in [4.78, 5) is 2.15. The summed E-state index contributed by atoms with van der Waals surface area (Å²) < 4.78 is 13.6. The Labute approximate surface area is 169 Å². The van der Waals surface area contributed by atoms with Gasteiger partial charge in [-0.2, -0.15) is 0 Å². The van der Waals surface area contributed by atoms with Crippen molar-refractivity contribution in [3.8, 4) is 17.0 Å². The number of hydrogen-bond acceptors (Lipinski definition) is 6. The van der Waals surface area contributed by atoms with Crippen molar-refractivity contribution in [1.82, 2.24) is 10.2 Å². The molecule has 0 radical (unpaired) electrons. The number of aromatic hydroxyl groups is 1. The van der Waals surface area contributed by atoms with Crippen LogP contribution in [0.3, 0.4) is 0 Å². The summed E-state index contributed by atoms with van der Waals surface area (Å²) in [6.07, 6.45) is 1.77. The number of nitrogens with zero attached hydrogens (tertiary/aromatic N) is 3. The Morgan fingerprint density at radius 3 is 2.45 bits per heavy atom. The maximum atomic E-state index is 13.6. The van der Waals surface area contributed by atoms with Gasteiger partial charge in [-0.1, -0.05) is 30.3 Å². The number of halogens is 1. The Balaban J connectivity index is 1.61. The Hall–Kier alpha value is -3.19. The second-order valence-electron chi connectivity index (χ2n) is 7.50. The fourth-order valence-electron chi connectivity index (χ4n) is 4.07. The van der Waals surface area contributed by atoms with Crippen LogP contribution in [0.1, 0.15) is 18.4 Å². The largest absolute Gasteiger partial charge is 0.507 e. The predicted molar refractivity (Wildman–Crippen MR) is 112 cm³/mol. The van der Waals surface area contributed by atoms with Crippen LogP contribution in [0.2, 0.25) is 0 Å². The Morgan fingerprint density at radius 2 is 1.76 bits per heavy atom. The second kappa shape index (κ2) is 7.67. The van der Waals surface area contributed by atoms with Gasteiger partial charge in [0, 0.05) is 30.6 Å². The highest BCUT2D eigenvalue weighted by Crippen LogP contribution is 2.38. The summed E-state index contributed by atoms with van der Waals surface area (Å²) >= 11 is 0. The van der Waals surface area contributed by atoms with E-state index in [1.165, 1.54) is 23.8 Å². The lowest BCUT2D eigenvalue weighted by Gasteiger charge is -2.42. The molecule has 6 nitrogen and oxygen atoms in total. The van der Waals surface area contributed by atoms with E-state index in [0.29, 0.717) is 18.1 Å². The number of rotatable bonds is 4. The van der Waals surface area contributed by atoms with Gasteiger partial charge in [0.05, 0.1) is 11.4 Å². The second-order valence-corrected chi connectivity index (χ2v) is 7.50. The number of nitrogens with two attached hydrogens (primary N) is 2. The Bertz CT molecular complexity index is 1000. The van der Waals surface area contributed by atoms with Crippen molar-refractivity contribution < 1.29 is 9.50 Å².